The summed E-state index contributed by atoms with van der Waals surface area (Å²) in [6, 6.07) is 2.36. The van der Waals surface area contributed by atoms with E-state index in [9.17, 15) is 13.2 Å². The van der Waals surface area contributed by atoms with E-state index in [0.29, 0.717) is 25.3 Å². The van der Waals surface area contributed by atoms with Gasteiger partial charge in [0.15, 0.2) is 5.65 Å². The van der Waals surface area contributed by atoms with Crippen molar-refractivity contribution in [2.24, 2.45) is 5.92 Å². The molecule has 1 N–H and O–H groups in total. The highest BCUT2D eigenvalue weighted by Gasteiger charge is 2.42. The van der Waals surface area contributed by atoms with Crippen molar-refractivity contribution in [3.63, 3.8) is 0 Å². The number of piperidine rings is 1. The topological polar surface area (TPSA) is 45.5 Å². The Morgan fingerprint density at radius 1 is 1.20 bits per heavy atom. The number of nitrogens with one attached hydrogen (secondary N) is 1. The quantitative estimate of drug-likeness (QED) is 0.380. The molecule has 0 spiro atoms. The second-order valence-electron chi connectivity index (χ2n) is 9.46. The van der Waals surface area contributed by atoms with Gasteiger partial charge < -0.3 is 10.2 Å². The van der Waals surface area contributed by atoms with Gasteiger partial charge in [-0.3, -0.25) is 0 Å². The molecule has 190 valence electrons. The predicted octanol–water partition coefficient (Wildman–Crippen LogP) is 6.89. The number of allylic oxidation sites excluding steroid dienone is 3. The Hall–Kier alpha value is -2.13. The number of fused-ring (bicyclic) bond motifs is 1. The van der Waals surface area contributed by atoms with Crippen molar-refractivity contribution in [2.75, 3.05) is 25.0 Å². The van der Waals surface area contributed by atoms with E-state index >= 15 is 0 Å². The Balaban J connectivity index is 1.43. The van der Waals surface area contributed by atoms with Crippen molar-refractivity contribution in [1.29, 1.82) is 0 Å². The van der Waals surface area contributed by atoms with Crippen LogP contribution in [-0.2, 0) is 0 Å². The van der Waals surface area contributed by atoms with E-state index in [1.54, 1.807) is 12.3 Å². The van der Waals surface area contributed by atoms with Crippen molar-refractivity contribution < 1.29 is 13.2 Å². The van der Waals surface area contributed by atoms with Gasteiger partial charge in [-0.05, 0) is 80.0 Å². The Morgan fingerprint density at radius 2 is 1.91 bits per heavy atom. The molecule has 35 heavy (non-hydrogen) atoms. The molecule has 1 saturated carbocycles. The molecule has 2 fully saturated rings. The van der Waals surface area contributed by atoms with Gasteiger partial charge in [-0.15, -0.1) is 0 Å². The van der Waals surface area contributed by atoms with Crippen LogP contribution in [0.3, 0.4) is 0 Å². The van der Waals surface area contributed by atoms with Gasteiger partial charge in [-0.2, -0.15) is 22.8 Å². The predicted molar refractivity (Wildman–Crippen MR) is 138 cm³/mol. The number of rotatable bonds is 7. The molecule has 1 aliphatic carbocycles. The van der Waals surface area contributed by atoms with Crippen LogP contribution in [-0.4, -0.2) is 51.4 Å². The fourth-order valence-corrected chi connectivity index (χ4v) is 5.61. The highest BCUT2D eigenvalue weighted by atomic mass is 79.9. The number of alkyl halides is 3. The van der Waals surface area contributed by atoms with E-state index in [1.807, 2.05) is 23.6 Å². The van der Waals surface area contributed by atoms with E-state index in [2.05, 4.69) is 50.0 Å². The second kappa shape index (κ2) is 11.3. The van der Waals surface area contributed by atoms with Crippen LogP contribution in [0.2, 0.25) is 0 Å². The third kappa shape index (κ3) is 6.17. The van der Waals surface area contributed by atoms with Gasteiger partial charge in [0, 0.05) is 30.3 Å². The summed E-state index contributed by atoms with van der Waals surface area (Å²) in [5, 5.41) is 7.97. The van der Waals surface area contributed by atoms with Crippen LogP contribution in [0.15, 0.2) is 53.2 Å². The Kier molecular flexibility index (Phi) is 8.37. The van der Waals surface area contributed by atoms with Gasteiger partial charge in [0.05, 0.1) is 16.6 Å². The molecule has 0 radical (unpaired) electrons. The highest BCUT2D eigenvalue weighted by molar-refractivity contribution is 9.10. The lowest BCUT2D eigenvalue weighted by atomic mass is 9.83. The molecule has 1 saturated heterocycles. The molecular weight excluding hydrogens is 519 g/mol. The third-order valence-electron chi connectivity index (χ3n) is 7.36. The Morgan fingerprint density at radius 3 is 2.54 bits per heavy atom. The Bertz CT molecular complexity index is 1070. The second-order valence-corrected chi connectivity index (χ2v) is 10.3. The van der Waals surface area contributed by atoms with Crippen LogP contribution >= 0.6 is 15.9 Å². The van der Waals surface area contributed by atoms with Gasteiger partial charge in [-0.1, -0.05) is 30.9 Å². The number of anilines is 1. The first-order valence-corrected chi connectivity index (χ1v) is 13.1. The van der Waals surface area contributed by atoms with Gasteiger partial charge >= 0.3 is 6.18 Å². The molecule has 0 bridgehead atoms. The van der Waals surface area contributed by atoms with Crippen LogP contribution in [0.4, 0.5) is 19.0 Å². The third-order valence-corrected chi connectivity index (χ3v) is 7.92. The molecule has 0 atom stereocenters. The summed E-state index contributed by atoms with van der Waals surface area (Å²) >= 11 is 3.57. The van der Waals surface area contributed by atoms with Gasteiger partial charge in [0.2, 0.25) is 0 Å². The lowest BCUT2D eigenvalue weighted by Gasteiger charge is -2.41. The van der Waals surface area contributed by atoms with Crippen LogP contribution in [0.25, 0.3) is 5.65 Å². The minimum atomic E-state index is -4.05. The molecule has 2 aliphatic rings. The smallest absolute Gasteiger partial charge is 0.366 e. The summed E-state index contributed by atoms with van der Waals surface area (Å²) in [5.41, 5.74) is 2.95. The fraction of sp³-hybridized carbons (Fsp3) is 0.538. The van der Waals surface area contributed by atoms with Crippen LogP contribution in [0.5, 0.6) is 0 Å². The number of aromatic nitrogens is 3. The van der Waals surface area contributed by atoms with Crippen molar-refractivity contribution in [2.45, 2.75) is 63.6 Å². The zero-order chi connectivity index (χ0) is 25.0. The maximum atomic E-state index is 13.0. The maximum absolute atomic E-state index is 13.0. The maximum Gasteiger partial charge on any atom is 0.391 e. The molecule has 9 heteroatoms. The average molecular weight is 552 g/mol. The normalized spacial score (nSPS) is 23.3. The van der Waals surface area contributed by atoms with Crippen molar-refractivity contribution in [3.05, 3.63) is 58.9 Å². The van der Waals surface area contributed by atoms with Crippen LogP contribution in [0.1, 0.15) is 57.1 Å². The number of likely N-dealkylation sites (tertiary alicyclic amines) is 1. The molecule has 5 nitrogen and oxygen atoms in total. The van der Waals surface area contributed by atoms with Crippen LogP contribution in [0, 0.1) is 5.92 Å². The molecule has 0 aromatic carbocycles. The monoisotopic (exact) mass is 551 g/mol. The van der Waals surface area contributed by atoms with E-state index in [-0.39, 0.29) is 18.9 Å². The van der Waals surface area contributed by atoms with E-state index in [4.69, 9.17) is 4.98 Å². The van der Waals surface area contributed by atoms with Crippen molar-refractivity contribution in [3.8, 4) is 0 Å². The summed E-state index contributed by atoms with van der Waals surface area (Å²) in [4.78, 5) is 7.32. The summed E-state index contributed by atoms with van der Waals surface area (Å²) in [7, 11) is 0. The summed E-state index contributed by atoms with van der Waals surface area (Å²) in [5.74, 6) is 0.0736. The minimum Gasteiger partial charge on any atom is -0.366 e. The van der Waals surface area contributed by atoms with E-state index in [1.165, 1.54) is 0 Å². The molecule has 0 amide bonds. The van der Waals surface area contributed by atoms with E-state index < -0.39 is 12.1 Å². The number of hydrogen-bond donors (Lipinski definition) is 1. The molecule has 1 aliphatic heterocycles. The number of hydrogen-bond acceptors (Lipinski definition) is 4. The highest BCUT2D eigenvalue weighted by Crippen LogP contribution is 2.40. The van der Waals surface area contributed by atoms with Gasteiger partial charge in [0.1, 0.15) is 5.82 Å². The Labute approximate surface area is 213 Å². The average Bonchev–Trinajstić information content (AvgIpc) is 3.24. The lowest BCUT2D eigenvalue weighted by Crippen LogP contribution is -2.44. The largest absolute Gasteiger partial charge is 0.391 e. The first-order chi connectivity index (χ1) is 16.8. The standard InChI is InChI=1S/C26H33BrF3N5/c1-3-5-6-18(4-2)16-31-24-15-23(33-25-22(27)17-32-35(24)25)19-11-13-34(14-12-19)21-9-7-20(8-10-21)26(28,29)30/h3-6,15,17,19-21,31H,1,7-14,16H2,2H3/b6-5-,18-4+. The summed E-state index contributed by atoms with van der Waals surface area (Å²) in [6.45, 7) is 8.18. The number of nitrogens with zero attached hydrogens (tertiary/aromatic N) is 4. The minimum absolute atomic E-state index is 0.257. The summed E-state index contributed by atoms with van der Waals surface area (Å²) < 4.78 is 41.7. The van der Waals surface area contributed by atoms with Crippen LogP contribution < -0.4 is 5.32 Å². The molecule has 2 aromatic rings. The summed E-state index contributed by atoms with van der Waals surface area (Å²) in [6.07, 6.45) is 9.16. The van der Waals surface area contributed by atoms with Gasteiger partial charge in [-0.25, -0.2) is 4.98 Å². The molecule has 4 rings (SSSR count). The molecule has 2 aromatic heterocycles. The molecular formula is C26H33BrF3N5. The molecule has 3 heterocycles. The SMILES string of the molecule is C=C/C=C\C(=C/C)CNc1cc(C2CCN(C3CCC(C(F)(F)F)CC3)CC2)nc2c(Br)cnn12. The lowest BCUT2D eigenvalue weighted by molar-refractivity contribution is -0.184. The zero-order valence-electron chi connectivity index (χ0n) is 20.1. The molecule has 0 unspecified atom stereocenters. The zero-order valence-corrected chi connectivity index (χ0v) is 21.7. The first kappa shape index (κ1) is 25.9. The van der Waals surface area contributed by atoms with Gasteiger partial charge in [0.25, 0.3) is 0 Å². The number of halogens is 4. The first-order valence-electron chi connectivity index (χ1n) is 12.3. The fourth-order valence-electron chi connectivity index (χ4n) is 5.26. The van der Waals surface area contributed by atoms with E-state index in [0.717, 1.165) is 53.1 Å². The van der Waals surface area contributed by atoms with Crippen molar-refractivity contribution in [1.82, 2.24) is 19.5 Å². The van der Waals surface area contributed by atoms with Crippen molar-refractivity contribution >= 4 is 27.4 Å².